The Morgan fingerprint density at radius 2 is 2.25 bits per heavy atom. The smallest absolute Gasteiger partial charge is 0.313 e. The lowest BCUT2D eigenvalue weighted by Gasteiger charge is -2.11. The number of benzene rings is 1. The summed E-state index contributed by atoms with van der Waals surface area (Å²) in [5.41, 5.74) is 1.05. The zero-order chi connectivity index (χ0) is 11.5. The van der Waals surface area contributed by atoms with Gasteiger partial charge in [-0.25, -0.2) is 0 Å². The third-order valence-electron chi connectivity index (χ3n) is 2.64. The van der Waals surface area contributed by atoms with Crippen LogP contribution in [0.3, 0.4) is 0 Å². The third-order valence-corrected chi connectivity index (χ3v) is 3.52. The molecule has 3 heteroatoms. The van der Waals surface area contributed by atoms with Crippen LogP contribution in [0.1, 0.15) is 25.3 Å². The van der Waals surface area contributed by atoms with Crippen molar-refractivity contribution < 1.29 is 9.53 Å². The van der Waals surface area contributed by atoms with Crippen LogP contribution in [0.15, 0.2) is 29.6 Å². The van der Waals surface area contributed by atoms with Crippen LogP contribution in [0.2, 0.25) is 0 Å². The average molecular weight is 234 g/mol. The minimum absolute atomic E-state index is 0.152. The van der Waals surface area contributed by atoms with Gasteiger partial charge in [0.15, 0.2) is 0 Å². The van der Waals surface area contributed by atoms with Gasteiger partial charge in [0.1, 0.15) is 0 Å². The molecule has 0 fully saturated rings. The molecule has 16 heavy (non-hydrogen) atoms. The molecule has 84 valence electrons. The van der Waals surface area contributed by atoms with Crippen LogP contribution in [0, 0.1) is 0 Å². The SMILES string of the molecule is CCOC(=O)C(C)c1cccc2sccc12. The molecule has 0 aliphatic carbocycles. The van der Waals surface area contributed by atoms with E-state index in [1.165, 1.54) is 4.70 Å². The van der Waals surface area contributed by atoms with Crippen LogP contribution >= 0.6 is 11.3 Å². The minimum Gasteiger partial charge on any atom is -0.466 e. The molecule has 0 amide bonds. The summed E-state index contributed by atoms with van der Waals surface area (Å²) in [4.78, 5) is 11.7. The molecule has 0 bridgehead atoms. The van der Waals surface area contributed by atoms with Gasteiger partial charge < -0.3 is 4.74 Å². The van der Waals surface area contributed by atoms with Crippen molar-refractivity contribution in [3.05, 3.63) is 35.2 Å². The Kier molecular flexibility index (Phi) is 3.25. The van der Waals surface area contributed by atoms with E-state index in [2.05, 4.69) is 12.1 Å². The fourth-order valence-corrected chi connectivity index (χ4v) is 2.61. The van der Waals surface area contributed by atoms with E-state index < -0.39 is 0 Å². The zero-order valence-corrected chi connectivity index (χ0v) is 10.2. The fraction of sp³-hybridized carbons (Fsp3) is 0.308. The quantitative estimate of drug-likeness (QED) is 0.759. The van der Waals surface area contributed by atoms with Crippen molar-refractivity contribution in [1.82, 2.24) is 0 Å². The molecular weight excluding hydrogens is 220 g/mol. The van der Waals surface area contributed by atoms with Crippen molar-refractivity contribution in [2.24, 2.45) is 0 Å². The van der Waals surface area contributed by atoms with E-state index in [9.17, 15) is 4.79 Å². The molecule has 2 aromatic rings. The van der Waals surface area contributed by atoms with Gasteiger partial charge in [-0.2, -0.15) is 0 Å². The molecule has 0 radical (unpaired) electrons. The monoisotopic (exact) mass is 234 g/mol. The minimum atomic E-state index is -0.196. The van der Waals surface area contributed by atoms with E-state index in [4.69, 9.17) is 4.74 Å². The highest BCUT2D eigenvalue weighted by molar-refractivity contribution is 7.17. The molecule has 1 atom stereocenters. The summed E-state index contributed by atoms with van der Waals surface area (Å²) in [6, 6.07) is 8.12. The topological polar surface area (TPSA) is 26.3 Å². The fourth-order valence-electron chi connectivity index (χ4n) is 1.79. The third kappa shape index (κ3) is 1.95. The van der Waals surface area contributed by atoms with Crippen molar-refractivity contribution in [3.63, 3.8) is 0 Å². The first-order valence-corrected chi connectivity index (χ1v) is 6.24. The Bertz CT molecular complexity index is 501. The standard InChI is InChI=1S/C13H14O2S/c1-3-15-13(14)9(2)10-5-4-6-12-11(10)7-8-16-12/h4-9H,3H2,1-2H3. The summed E-state index contributed by atoms with van der Waals surface area (Å²) in [7, 11) is 0. The van der Waals surface area contributed by atoms with Crippen molar-refractivity contribution >= 4 is 27.4 Å². The number of hydrogen-bond acceptors (Lipinski definition) is 3. The highest BCUT2D eigenvalue weighted by atomic mass is 32.1. The first-order chi connectivity index (χ1) is 7.74. The lowest BCUT2D eigenvalue weighted by Crippen LogP contribution is -2.13. The van der Waals surface area contributed by atoms with Gasteiger partial charge in [0.2, 0.25) is 0 Å². The average Bonchev–Trinajstić information content (AvgIpc) is 2.76. The molecule has 0 aliphatic rings. The second-order valence-corrected chi connectivity index (χ2v) is 4.60. The molecule has 2 rings (SSSR count). The van der Waals surface area contributed by atoms with E-state index in [-0.39, 0.29) is 11.9 Å². The molecule has 2 nitrogen and oxygen atoms in total. The molecule has 1 aromatic heterocycles. The largest absolute Gasteiger partial charge is 0.466 e. The lowest BCUT2D eigenvalue weighted by molar-refractivity contribution is -0.144. The van der Waals surface area contributed by atoms with Crippen LogP contribution in [0.25, 0.3) is 10.1 Å². The van der Waals surface area contributed by atoms with Gasteiger partial charge in [0, 0.05) is 4.70 Å². The maximum Gasteiger partial charge on any atom is 0.313 e. The first-order valence-electron chi connectivity index (χ1n) is 5.36. The Morgan fingerprint density at radius 3 is 3.00 bits per heavy atom. The van der Waals surface area contributed by atoms with Gasteiger partial charge in [0.05, 0.1) is 12.5 Å². The summed E-state index contributed by atoms with van der Waals surface area (Å²) in [6.07, 6.45) is 0. The van der Waals surface area contributed by atoms with E-state index >= 15 is 0 Å². The molecule has 1 aromatic carbocycles. The van der Waals surface area contributed by atoms with E-state index in [0.717, 1.165) is 10.9 Å². The maximum atomic E-state index is 11.7. The summed E-state index contributed by atoms with van der Waals surface area (Å²) in [5, 5.41) is 3.21. The van der Waals surface area contributed by atoms with Gasteiger partial charge >= 0.3 is 5.97 Å². The van der Waals surface area contributed by atoms with E-state index in [1.54, 1.807) is 11.3 Å². The van der Waals surface area contributed by atoms with Gasteiger partial charge in [-0.1, -0.05) is 12.1 Å². The summed E-state index contributed by atoms with van der Waals surface area (Å²) in [6.45, 7) is 4.16. The Hall–Kier alpha value is -1.35. The highest BCUT2D eigenvalue weighted by Crippen LogP contribution is 2.29. The number of carbonyl (C=O) groups excluding carboxylic acids is 1. The number of carbonyl (C=O) groups is 1. The zero-order valence-electron chi connectivity index (χ0n) is 9.40. The van der Waals surface area contributed by atoms with Crippen LogP contribution in [0.5, 0.6) is 0 Å². The molecule has 1 heterocycles. The number of thiophene rings is 1. The maximum absolute atomic E-state index is 11.7. The van der Waals surface area contributed by atoms with E-state index in [1.807, 2.05) is 31.4 Å². The van der Waals surface area contributed by atoms with Crippen molar-refractivity contribution in [1.29, 1.82) is 0 Å². The molecule has 0 N–H and O–H groups in total. The number of esters is 1. The van der Waals surface area contributed by atoms with E-state index in [0.29, 0.717) is 6.61 Å². The van der Waals surface area contributed by atoms with Crippen molar-refractivity contribution in [2.75, 3.05) is 6.61 Å². The van der Waals surface area contributed by atoms with Crippen molar-refractivity contribution in [3.8, 4) is 0 Å². The molecule has 0 saturated heterocycles. The van der Waals surface area contributed by atoms with Crippen LogP contribution < -0.4 is 0 Å². The van der Waals surface area contributed by atoms with Gasteiger partial charge in [-0.15, -0.1) is 11.3 Å². The van der Waals surface area contributed by atoms with Crippen LogP contribution in [-0.4, -0.2) is 12.6 Å². The molecular formula is C13H14O2S. The van der Waals surface area contributed by atoms with Gasteiger partial charge in [-0.05, 0) is 42.3 Å². The lowest BCUT2D eigenvalue weighted by atomic mass is 9.98. The number of rotatable bonds is 3. The van der Waals surface area contributed by atoms with Crippen molar-refractivity contribution in [2.45, 2.75) is 19.8 Å². The number of fused-ring (bicyclic) bond motifs is 1. The normalized spacial score (nSPS) is 12.6. The van der Waals surface area contributed by atoms with Crippen LogP contribution in [-0.2, 0) is 9.53 Å². The van der Waals surface area contributed by atoms with Gasteiger partial charge in [0.25, 0.3) is 0 Å². The van der Waals surface area contributed by atoms with Gasteiger partial charge in [-0.3, -0.25) is 4.79 Å². The molecule has 0 saturated carbocycles. The summed E-state index contributed by atoms with van der Waals surface area (Å²) >= 11 is 1.69. The summed E-state index contributed by atoms with van der Waals surface area (Å²) in [5.74, 6) is -0.348. The second-order valence-electron chi connectivity index (χ2n) is 3.65. The molecule has 0 aliphatic heterocycles. The number of hydrogen-bond donors (Lipinski definition) is 0. The van der Waals surface area contributed by atoms with Crippen LogP contribution in [0.4, 0.5) is 0 Å². The highest BCUT2D eigenvalue weighted by Gasteiger charge is 2.18. The Balaban J connectivity index is 2.39. The predicted molar refractivity (Wildman–Crippen MR) is 66.9 cm³/mol. The molecule has 1 unspecified atom stereocenters. The first kappa shape index (κ1) is 11.1. The predicted octanol–water partition coefficient (Wildman–Crippen LogP) is 3.57. The second kappa shape index (κ2) is 4.66. The Labute approximate surface area is 98.9 Å². The summed E-state index contributed by atoms with van der Waals surface area (Å²) < 4.78 is 6.26. The molecule has 0 spiro atoms. The number of ether oxygens (including phenoxy) is 1. The Morgan fingerprint density at radius 1 is 1.44 bits per heavy atom.